The maximum atomic E-state index is 6.00. The zero-order valence-electron chi connectivity index (χ0n) is 13.0. The molecule has 0 saturated carbocycles. The molecule has 4 nitrogen and oxygen atoms in total. The molecule has 1 fully saturated rings. The average Bonchev–Trinajstić information content (AvgIpc) is 2.48. The van der Waals surface area contributed by atoms with Crippen LogP contribution < -0.4 is 5.32 Å². The molecule has 1 saturated heterocycles. The summed E-state index contributed by atoms with van der Waals surface area (Å²) in [6.45, 7) is 4.27. The Hall–Kier alpha value is -1.65. The second kappa shape index (κ2) is 6.63. The number of anilines is 1. The number of likely N-dealkylation sites (tertiary alicyclic amines) is 1. The third-order valence-electron chi connectivity index (χ3n) is 4.11. The molecular formula is C17H21ClN4. The predicted octanol–water partition coefficient (Wildman–Crippen LogP) is 3.61. The van der Waals surface area contributed by atoms with Crippen LogP contribution in [0.2, 0.25) is 5.02 Å². The summed E-state index contributed by atoms with van der Waals surface area (Å²) >= 11 is 6.00. The highest BCUT2D eigenvalue weighted by atomic mass is 35.5. The molecule has 0 unspecified atom stereocenters. The highest BCUT2D eigenvalue weighted by Gasteiger charge is 2.17. The fraction of sp³-hybridized carbons (Fsp3) is 0.412. The Bertz CT molecular complexity index is 642. The van der Waals surface area contributed by atoms with Crippen molar-refractivity contribution in [3.05, 3.63) is 40.9 Å². The molecule has 22 heavy (non-hydrogen) atoms. The van der Waals surface area contributed by atoms with Crippen molar-refractivity contribution in [1.29, 1.82) is 0 Å². The second-order valence-electron chi connectivity index (χ2n) is 6.01. The first-order chi connectivity index (χ1) is 10.6. The standard InChI is InChI=1S/C17H21ClN4/c1-12-10-13(18)5-6-15(12)16-7-8-17(21-20-16)19-14-4-3-9-22(2)11-14/h5-8,10,14H,3-4,9,11H2,1-2H3,(H,19,21)/t14-/m1/s1. The fourth-order valence-corrected chi connectivity index (χ4v) is 3.19. The Kier molecular flexibility index (Phi) is 4.60. The van der Waals surface area contributed by atoms with Crippen LogP contribution >= 0.6 is 11.6 Å². The number of hydrogen-bond donors (Lipinski definition) is 1. The van der Waals surface area contributed by atoms with E-state index in [1.165, 1.54) is 19.4 Å². The van der Waals surface area contributed by atoms with Crippen molar-refractivity contribution < 1.29 is 0 Å². The summed E-state index contributed by atoms with van der Waals surface area (Å²) in [6, 6.07) is 10.3. The number of hydrogen-bond acceptors (Lipinski definition) is 4. The molecule has 1 aliphatic heterocycles. The highest BCUT2D eigenvalue weighted by Crippen LogP contribution is 2.24. The lowest BCUT2D eigenvalue weighted by Crippen LogP contribution is -2.39. The lowest BCUT2D eigenvalue weighted by molar-refractivity contribution is 0.260. The summed E-state index contributed by atoms with van der Waals surface area (Å²) in [5.41, 5.74) is 3.05. The molecule has 1 aromatic heterocycles. The van der Waals surface area contributed by atoms with Crippen molar-refractivity contribution in [3.8, 4) is 11.3 Å². The number of nitrogens with zero attached hydrogens (tertiary/aromatic N) is 3. The number of nitrogens with one attached hydrogen (secondary N) is 1. The summed E-state index contributed by atoms with van der Waals surface area (Å²) in [5, 5.41) is 12.9. The first kappa shape index (κ1) is 15.3. The molecule has 1 aromatic carbocycles. The molecule has 116 valence electrons. The Balaban J connectivity index is 1.72. The lowest BCUT2D eigenvalue weighted by Gasteiger charge is -2.30. The number of halogens is 1. The van der Waals surface area contributed by atoms with E-state index in [0.29, 0.717) is 6.04 Å². The van der Waals surface area contributed by atoms with E-state index in [1.807, 2.05) is 37.3 Å². The quantitative estimate of drug-likeness (QED) is 0.939. The molecule has 0 radical (unpaired) electrons. The Morgan fingerprint density at radius 1 is 1.23 bits per heavy atom. The smallest absolute Gasteiger partial charge is 0.148 e. The van der Waals surface area contributed by atoms with Gasteiger partial charge in [-0.15, -0.1) is 10.2 Å². The van der Waals surface area contributed by atoms with E-state index in [0.717, 1.165) is 34.2 Å². The van der Waals surface area contributed by atoms with Gasteiger partial charge in [0.05, 0.1) is 5.69 Å². The van der Waals surface area contributed by atoms with Gasteiger partial charge in [-0.05, 0) is 63.2 Å². The molecule has 0 aliphatic carbocycles. The molecule has 0 spiro atoms. The van der Waals surface area contributed by atoms with Gasteiger partial charge in [0.25, 0.3) is 0 Å². The Morgan fingerprint density at radius 3 is 2.77 bits per heavy atom. The maximum Gasteiger partial charge on any atom is 0.148 e. The summed E-state index contributed by atoms with van der Waals surface area (Å²) < 4.78 is 0. The third kappa shape index (κ3) is 3.57. The van der Waals surface area contributed by atoms with Crippen molar-refractivity contribution in [2.24, 2.45) is 0 Å². The first-order valence-electron chi connectivity index (χ1n) is 7.67. The van der Waals surface area contributed by atoms with E-state index in [4.69, 9.17) is 11.6 Å². The van der Waals surface area contributed by atoms with E-state index in [9.17, 15) is 0 Å². The SMILES string of the molecule is Cc1cc(Cl)ccc1-c1ccc(N[C@@H]2CCCN(C)C2)nn1. The zero-order valence-corrected chi connectivity index (χ0v) is 13.8. The van der Waals surface area contributed by atoms with E-state index < -0.39 is 0 Å². The molecule has 1 N–H and O–H groups in total. The molecule has 1 atom stereocenters. The summed E-state index contributed by atoms with van der Waals surface area (Å²) in [6.07, 6.45) is 2.41. The number of benzene rings is 1. The zero-order chi connectivity index (χ0) is 15.5. The van der Waals surface area contributed by atoms with Crippen molar-refractivity contribution in [2.75, 3.05) is 25.5 Å². The van der Waals surface area contributed by atoms with Gasteiger partial charge in [0.1, 0.15) is 5.82 Å². The minimum atomic E-state index is 0.455. The Labute approximate surface area is 136 Å². The van der Waals surface area contributed by atoms with Gasteiger partial charge in [-0.3, -0.25) is 0 Å². The summed E-state index contributed by atoms with van der Waals surface area (Å²) in [4.78, 5) is 2.35. The molecule has 2 aromatic rings. The van der Waals surface area contributed by atoms with Crippen molar-refractivity contribution in [1.82, 2.24) is 15.1 Å². The highest BCUT2D eigenvalue weighted by molar-refractivity contribution is 6.30. The average molecular weight is 317 g/mol. The van der Waals surface area contributed by atoms with Crippen LogP contribution in [0.5, 0.6) is 0 Å². The normalized spacial score (nSPS) is 19.1. The monoisotopic (exact) mass is 316 g/mol. The van der Waals surface area contributed by atoms with Crippen LogP contribution in [0.4, 0.5) is 5.82 Å². The van der Waals surface area contributed by atoms with Gasteiger partial charge in [0.15, 0.2) is 0 Å². The minimum Gasteiger partial charge on any atom is -0.365 e. The van der Waals surface area contributed by atoms with E-state index in [2.05, 4.69) is 27.5 Å². The van der Waals surface area contributed by atoms with Gasteiger partial charge >= 0.3 is 0 Å². The van der Waals surface area contributed by atoms with Crippen molar-refractivity contribution in [2.45, 2.75) is 25.8 Å². The molecular weight excluding hydrogens is 296 g/mol. The summed E-state index contributed by atoms with van der Waals surface area (Å²) in [7, 11) is 2.16. The van der Waals surface area contributed by atoms with Gasteiger partial charge in [-0.25, -0.2) is 0 Å². The van der Waals surface area contributed by atoms with Gasteiger partial charge in [-0.2, -0.15) is 0 Å². The van der Waals surface area contributed by atoms with Crippen LogP contribution in [0.1, 0.15) is 18.4 Å². The first-order valence-corrected chi connectivity index (χ1v) is 8.05. The van der Waals surface area contributed by atoms with Gasteiger partial charge < -0.3 is 10.2 Å². The van der Waals surface area contributed by atoms with Crippen molar-refractivity contribution in [3.63, 3.8) is 0 Å². The molecule has 3 rings (SSSR count). The molecule has 0 amide bonds. The molecule has 2 heterocycles. The van der Waals surface area contributed by atoms with Crippen LogP contribution in [0.15, 0.2) is 30.3 Å². The molecule has 5 heteroatoms. The molecule has 0 bridgehead atoms. The fourth-order valence-electron chi connectivity index (χ4n) is 2.96. The van der Waals surface area contributed by atoms with Crippen LogP contribution in [0, 0.1) is 6.92 Å². The predicted molar refractivity (Wildman–Crippen MR) is 91.4 cm³/mol. The number of likely N-dealkylation sites (N-methyl/N-ethyl adjacent to an activating group) is 1. The van der Waals surface area contributed by atoms with E-state index in [1.54, 1.807) is 0 Å². The van der Waals surface area contributed by atoms with E-state index in [-0.39, 0.29) is 0 Å². The van der Waals surface area contributed by atoms with Gasteiger partial charge in [-0.1, -0.05) is 17.7 Å². The lowest BCUT2D eigenvalue weighted by atomic mass is 10.1. The van der Waals surface area contributed by atoms with Gasteiger partial charge in [0, 0.05) is 23.2 Å². The Morgan fingerprint density at radius 2 is 2.09 bits per heavy atom. The topological polar surface area (TPSA) is 41.0 Å². The van der Waals surface area contributed by atoms with Crippen LogP contribution in [-0.4, -0.2) is 41.3 Å². The maximum absolute atomic E-state index is 6.00. The van der Waals surface area contributed by atoms with Crippen LogP contribution in [0.25, 0.3) is 11.3 Å². The number of aryl methyl sites for hydroxylation is 1. The minimum absolute atomic E-state index is 0.455. The van der Waals surface area contributed by atoms with Crippen LogP contribution in [0.3, 0.4) is 0 Å². The second-order valence-corrected chi connectivity index (χ2v) is 6.45. The number of aromatic nitrogens is 2. The van der Waals surface area contributed by atoms with E-state index >= 15 is 0 Å². The number of piperidine rings is 1. The van der Waals surface area contributed by atoms with Gasteiger partial charge in [0.2, 0.25) is 0 Å². The molecule has 1 aliphatic rings. The summed E-state index contributed by atoms with van der Waals surface area (Å²) in [5.74, 6) is 0.843. The van der Waals surface area contributed by atoms with Crippen LogP contribution in [-0.2, 0) is 0 Å². The van der Waals surface area contributed by atoms with Crippen molar-refractivity contribution >= 4 is 17.4 Å². The third-order valence-corrected chi connectivity index (χ3v) is 4.34. The largest absolute Gasteiger partial charge is 0.365 e. The number of rotatable bonds is 3.